The van der Waals surface area contributed by atoms with Gasteiger partial charge in [-0.3, -0.25) is 0 Å². The normalized spacial score (nSPS) is 24.9. The van der Waals surface area contributed by atoms with Crippen LogP contribution in [0.5, 0.6) is 0 Å². The second-order valence-corrected chi connectivity index (χ2v) is 5.83. The molecule has 3 N–H and O–H groups in total. The van der Waals surface area contributed by atoms with Crippen LogP contribution in [-0.4, -0.2) is 29.2 Å². The zero-order valence-corrected chi connectivity index (χ0v) is 12.4. The number of hydrogen-bond acceptors (Lipinski definition) is 5. The highest BCUT2D eigenvalue weighted by Gasteiger charge is 2.48. The number of ether oxygens (including phenoxy) is 1. The van der Waals surface area contributed by atoms with Crippen molar-refractivity contribution in [1.82, 2.24) is 9.97 Å². The molecule has 1 aromatic rings. The van der Waals surface area contributed by atoms with E-state index in [1.54, 1.807) is 7.11 Å². The predicted octanol–water partition coefficient (Wildman–Crippen LogP) is 2.16. The number of nitrogens with zero attached hydrogens (tertiary/aromatic N) is 2. The molecule has 106 valence electrons. The molecule has 19 heavy (non-hydrogen) atoms. The van der Waals surface area contributed by atoms with Gasteiger partial charge < -0.3 is 15.8 Å². The zero-order chi connectivity index (χ0) is 14.2. The third kappa shape index (κ3) is 2.39. The zero-order valence-electron chi connectivity index (χ0n) is 12.4. The number of aryl methyl sites for hydroxylation is 1. The number of nitrogens with two attached hydrogens (primary N) is 1. The summed E-state index contributed by atoms with van der Waals surface area (Å²) in [4.78, 5) is 8.82. The summed E-state index contributed by atoms with van der Waals surface area (Å²) < 4.78 is 5.47. The van der Waals surface area contributed by atoms with Crippen LogP contribution in [0.25, 0.3) is 0 Å². The van der Waals surface area contributed by atoms with Crippen LogP contribution >= 0.6 is 0 Å². The summed E-state index contributed by atoms with van der Waals surface area (Å²) in [6, 6.07) is 0.357. The molecule has 1 aromatic heterocycles. The Balaban J connectivity index is 2.19. The quantitative estimate of drug-likeness (QED) is 0.871. The van der Waals surface area contributed by atoms with Crippen LogP contribution in [0, 0.1) is 12.3 Å². The summed E-state index contributed by atoms with van der Waals surface area (Å²) in [5.74, 6) is 2.21. The maximum Gasteiger partial charge on any atom is 0.135 e. The number of anilines is 2. The van der Waals surface area contributed by atoms with E-state index in [-0.39, 0.29) is 5.41 Å². The van der Waals surface area contributed by atoms with Gasteiger partial charge in [-0.2, -0.15) is 0 Å². The predicted molar refractivity (Wildman–Crippen MR) is 77.2 cm³/mol. The average Bonchev–Trinajstić information content (AvgIpc) is 2.38. The van der Waals surface area contributed by atoms with Gasteiger partial charge in [0.2, 0.25) is 0 Å². The second-order valence-electron chi connectivity index (χ2n) is 5.83. The summed E-state index contributed by atoms with van der Waals surface area (Å²) in [6.07, 6.45) is 2.08. The molecule has 0 aromatic carbocycles. The van der Waals surface area contributed by atoms with Crippen molar-refractivity contribution < 1.29 is 4.74 Å². The second kappa shape index (κ2) is 4.96. The van der Waals surface area contributed by atoms with Crippen molar-refractivity contribution in [2.45, 2.75) is 52.7 Å². The highest BCUT2D eigenvalue weighted by molar-refractivity contribution is 5.55. The molecule has 1 aliphatic rings. The van der Waals surface area contributed by atoms with E-state index < -0.39 is 0 Å². The van der Waals surface area contributed by atoms with Crippen molar-refractivity contribution in [2.24, 2.45) is 5.41 Å². The summed E-state index contributed by atoms with van der Waals surface area (Å²) >= 11 is 0. The number of aromatic nitrogens is 2. The Hall–Kier alpha value is -1.36. The Labute approximate surface area is 115 Å². The lowest BCUT2D eigenvalue weighted by atomic mass is 9.64. The van der Waals surface area contributed by atoms with Crippen molar-refractivity contribution in [2.75, 3.05) is 18.2 Å². The van der Waals surface area contributed by atoms with E-state index in [4.69, 9.17) is 10.5 Å². The SMILES string of the molecule is CCc1nc(N)c(C)c(NC2CC(OC)C2(C)C)n1. The average molecular weight is 264 g/mol. The van der Waals surface area contributed by atoms with Gasteiger partial charge in [-0.15, -0.1) is 0 Å². The Morgan fingerprint density at radius 3 is 2.63 bits per heavy atom. The lowest BCUT2D eigenvalue weighted by molar-refractivity contribution is -0.0795. The van der Waals surface area contributed by atoms with Crippen LogP contribution in [0.1, 0.15) is 38.6 Å². The minimum absolute atomic E-state index is 0.104. The van der Waals surface area contributed by atoms with E-state index in [2.05, 4.69) is 29.1 Å². The van der Waals surface area contributed by atoms with E-state index in [1.807, 2.05) is 13.8 Å². The minimum atomic E-state index is 0.104. The molecule has 0 spiro atoms. The van der Waals surface area contributed by atoms with Gasteiger partial charge in [0.05, 0.1) is 6.10 Å². The summed E-state index contributed by atoms with van der Waals surface area (Å²) in [6.45, 7) is 8.41. The molecule has 5 heteroatoms. The molecule has 5 nitrogen and oxygen atoms in total. The molecule has 0 aliphatic heterocycles. The maximum absolute atomic E-state index is 5.94. The smallest absolute Gasteiger partial charge is 0.135 e. The molecule has 1 aliphatic carbocycles. The van der Waals surface area contributed by atoms with E-state index in [0.717, 1.165) is 30.0 Å². The Morgan fingerprint density at radius 1 is 1.42 bits per heavy atom. The fraction of sp³-hybridized carbons (Fsp3) is 0.714. The molecular weight excluding hydrogens is 240 g/mol. The van der Waals surface area contributed by atoms with Crippen LogP contribution in [-0.2, 0) is 11.2 Å². The van der Waals surface area contributed by atoms with Gasteiger partial charge in [-0.25, -0.2) is 9.97 Å². The highest BCUT2D eigenvalue weighted by Crippen LogP contribution is 2.44. The molecule has 0 radical (unpaired) electrons. The van der Waals surface area contributed by atoms with Gasteiger partial charge in [-0.05, 0) is 13.3 Å². The van der Waals surface area contributed by atoms with Crippen LogP contribution in [0.2, 0.25) is 0 Å². The molecule has 0 amide bonds. The van der Waals surface area contributed by atoms with Crippen LogP contribution < -0.4 is 11.1 Å². The molecule has 2 atom stereocenters. The van der Waals surface area contributed by atoms with Gasteiger partial charge in [-0.1, -0.05) is 20.8 Å². The Bertz CT molecular complexity index is 473. The monoisotopic (exact) mass is 264 g/mol. The Kier molecular flexibility index (Phi) is 3.67. The standard InChI is InChI=1S/C14H24N4O/c1-6-11-17-12(15)8(2)13(18-11)16-9-7-10(19-5)14(9,3)4/h9-10H,6-7H2,1-5H3,(H3,15,16,17,18). The molecular formula is C14H24N4O. The number of hydrogen-bond donors (Lipinski definition) is 2. The van der Waals surface area contributed by atoms with E-state index >= 15 is 0 Å². The number of nitrogen functional groups attached to an aromatic ring is 1. The molecule has 0 saturated heterocycles. The third-order valence-corrected chi connectivity index (χ3v) is 4.32. The van der Waals surface area contributed by atoms with Crippen molar-refractivity contribution in [3.8, 4) is 0 Å². The molecule has 1 fully saturated rings. The molecule has 2 unspecified atom stereocenters. The third-order valence-electron chi connectivity index (χ3n) is 4.32. The highest BCUT2D eigenvalue weighted by atomic mass is 16.5. The lowest BCUT2D eigenvalue weighted by Gasteiger charge is -2.51. The Morgan fingerprint density at radius 2 is 2.11 bits per heavy atom. The van der Waals surface area contributed by atoms with Crippen LogP contribution in [0.15, 0.2) is 0 Å². The number of rotatable bonds is 4. The van der Waals surface area contributed by atoms with E-state index in [0.29, 0.717) is 18.0 Å². The first-order valence-electron chi connectivity index (χ1n) is 6.82. The summed E-state index contributed by atoms with van der Waals surface area (Å²) in [5.41, 5.74) is 6.97. The summed E-state index contributed by atoms with van der Waals surface area (Å²) in [5, 5.41) is 3.51. The fourth-order valence-electron chi connectivity index (χ4n) is 2.58. The topological polar surface area (TPSA) is 73.1 Å². The van der Waals surface area contributed by atoms with Gasteiger partial charge >= 0.3 is 0 Å². The van der Waals surface area contributed by atoms with Gasteiger partial charge in [0, 0.05) is 30.6 Å². The van der Waals surface area contributed by atoms with Crippen molar-refractivity contribution in [1.29, 1.82) is 0 Å². The van der Waals surface area contributed by atoms with E-state index in [9.17, 15) is 0 Å². The first kappa shape index (κ1) is 14.1. The fourth-order valence-corrected chi connectivity index (χ4v) is 2.58. The largest absolute Gasteiger partial charge is 0.383 e. The van der Waals surface area contributed by atoms with Gasteiger partial charge in [0.1, 0.15) is 17.5 Å². The van der Waals surface area contributed by atoms with Crippen LogP contribution in [0.4, 0.5) is 11.6 Å². The van der Waals surface area contributed by atoms with Crippen LogP contribution in [0.3, 0.4) is 0 Å². The van der Waals surface area contributed by atoms with Gasteiger partial charge in [0.15, 0.2) is 0 Å². The molecule has 2 rings (SSSR count). The molecule has 0 bridgehead atoms. The van der Waals surface area contributed by atoms with Crippen molar-refractivity contribution >= 4 is 11.6 Å². The van der Waals surface area contributed by atoms with Crippen molar-refractivity contribution in [3.05, 3.63) is 11.4 Å². The lowest BCUT2D eigenvalue weighted by Crippen LogP contribution is -2.57. The maximum atomic E-state index is 5.94. The summed E-state index contributed by atoms with van der Waals surface area (Å²) in [7, 11) is 1.77. The van der Waals surface area contributed by atoms with E-state index in [1.165, 1.54) is 0 Å². The molecule has 1 heterocycles. The number of methoxy groups -OCH3 is 1. The van der Waals surface area contributed by atoms with Crippen molar-refractivity contribution in [3.63, 3.8) is 0 Å². The minimum Gasteiger partial charge on any atom is -0.383 e. The molecule has 1 saturated carbocycles. The van der Waals surface area contributed by atoms with Gasteiger partial charge in [0.25, 0.3) is 0 Å². The number of nitrogens with one attached hydrogen (secondary N) is 1. The first-order chi connectivity index (χ1) is 8.90. The first-order valence-corrected chi connectivity index (χ1v) is 6.82.